The summed E-state index contributed by atoms with van der Waals surface area (Å²) in [5.41, 5.74) is 0.179. The number of rotatable bonds is 4. The molecule has 0 fully saturated rings. The predicted octanol–water partition coefficient (Wildman–Crippen LogP) is -0.955. The first kappa shape index (κ1) is 14.5. The molecule has 0 amide bonds. The lowest BCUT2D eigenvalue weighted by Gasteiger charge is -2.28. The third kappa shape index (κ3) is 3.00. The molecular formula is C7H12NO7P2+. The van der Waals surface area contributed by atoms with Gasteiger partial charge in [-0.2, -0.15) is 0 Å². The second kappa shape index (κ2) is 4.59. The van der Waals surface area contributed by atoms with E-state index in [0.717, 1.165) is 0 Å². The van der Waals surface area contributed by atoms with Crippen molar-refractivity contribution in [1.82, 2.24) is 0 Å². The summed E-state index contributed by atoms with van der Waals surface area (Å²) < 4.78 is 22.1. The highest BCUT2D eigenvalue weighted by Crippen LogP contribution is 2.68. The molecule has 1 rings (SSSR count). The van der Waals surface area contributed by atoms with Crippen LogP contribution < -0.4 is 4.98 Å². The molecule has 0 aliphatic carbocycles. The van der Waals surface area contributed by atoms with Gasteiger partial charge in [0.05, 0.1) is 0 Å². The van der Waals surface area contributed by atoms with Crippen molar-refractivity contribution in [2.24, 2.45) is 0 Å². The smallest absolute Gasteiger partial charge is 0.367 e. The summed E-state index contributed by atoms with van der Waals surface area (Å²) in [4.78, 5) is 38.2. The number of nitrogens with one attached hydrogen (secondary N) is 1. The van der Waals surface area contributed by atoms with E-state index >= 15 is 0 Å². The highest BCUT2D eigenvalue weighted by molar-refractivity contribution is 7.72. The first-order valence-corrected chi connectivity index (χ1v) is 7.59. The van der Waals surface area contributed by atoms with Gasteiger partial charge in [-0.15, -0.1) is 0 Å². The molecule has 0 saturated carbocycles. The molecule has 0 aliphatic heterocycles. The normalized spacial score (nSPS) is 13.7. The zero-order chi connectivity index (χ0) is 13.3. The van der Waals surface area contributed by atoms with Gasteiger partial charge < -0.3 is 24.7 Å². The van der Waals surface area contributed by atoms with Crippen molar-refractivity contribution in [2.45, 2.75) is 11.5 Å². The predicted molar refractivity (Wildman–Crippen MR) is 55.7 cm³/mol. The fraction of sp³-hybridized carbons (Fsp3) is 0.286. The van der Waals surface area contributed by atoms with Crippen molar-refractivity contribution in [3.05, 3.63) is 30.1 Å². The monoisotopic (exact) mass is 284 g/mol. The molecule has 0 radical (unpaired) electrons. The van der Waals surface area contributed by atoms with Gasteiger partial charge in [0.1, 0.15) is 0 Å². The van der Waals surface area contributed by atoms with Crippen molar-refractivity contribution < 1.29 is 38.8 Å². The Morgan fingerprint density at radius 1 is 1.06 bits per heavy atom. The largest absolute Gasteiger partial charge is 0.369 e. The van der Waals surface area contributed by atoms with E-state index in [2.05, 4.69) is 4.98 Å². The van der Waals surface area contributed by atoms with Crippen LogP contribution in [0.4, 0.5) is 0 Å². The molecule has 0 unspecified atom stereocenters. The first-order chi connectivity index (χ1) is 7.58. The number of H-pyrrole nitrogens is 1. The van der Waals surface area contributed by atoms with Crippen molar-refractivity contribution in [3.8, 4) is 0 Å². The average molecular weight is 284 g/mol. The van der Waals surface area contributed by atoms with Crippen LogP contribution in [0.2, 0.25) is 0 Å². The standard InChI is InChI=1S/C7H11NO7P2/c9-7(16(10,11)12,17(13,14)15)5-6-1-3-8-4-2-6/h1-4,9H,5H2,(H2,10,11,12)(H2,13,14,15)/p+1. The maximum absolute atomic E-state index is 11.0. The Labute approximate surface area is 96.3 Å². The molecule has 8 nitrogen and oxygen atoms in total. The molecular weight excluding hydrogens is 272 g/mol. The Hall–Kier alpha value is -0.590. The van der Waals surface area contributed by atoms with Crippen LogP contribution in [-0.2, 0) is 15.6 Å². The minimum atomic E-state index is -5.39. The fourth-order valence-corrected chi connectivity index (χ4v) is 3.32. The molecule has 0 aliphatic rings. The van der Waals surface area contributed by atoms with Gasteiger partial charge in [0.25, 0.3) is 5.08 Å². The van der Waals surface area contributed by atoms with Gasteiger partial charge in [-0.3, -0.25) is 9.13 Å². The molecule has 1 aromatic heterocycles. The maximum atomic E-state index is 11.0. The van der Waals surface area contributed by atoms with Gasteiger partial charge in [0, 0.05) is 18.6 Å². The van der Waals surface area contributed by atoms with Gasteiger partial charge in [0.15, 0.2) is 12.4 Å². The summed E-state index contributed by atoms with van der Waals surface area (Å²) in [5.74, 6) is 0. The number of aromatic amines is 1. The molecule has 17 heavy (non-hydrogen) atoms. The highest BCUT2D eigenvalue weighted by atomic mass is 31.2. The Balaban J connectivity index is 3.20. The highest BCUT2D eigenvalue weighted by Gasteiger charge is 2.59. The zero-order valence-electron chi connectivity index (χ0n) is 8.46. The van der Waals surface area contributed by atoms with Crippen molar-refractivity contribution in [3.63, 3.8) is 0 Å². The van der Waals surface area contributed by atoms with Gasteiger partial charge in [-0.1, -0.05) is 0 Å². The van der Waals surface area contributed by atoms with Gasteiger partial charge in [0.2, 0.25) is 0 Å². The summed E-state index contributed by atoms with van der Waals surface area (Å²) in [6, 6.07) is 2.69. The second-order valence-electron chi connectivity index (χ2n) is 3.45. The third-order valence-electron chi connectivity index (χ3n) is 2.16. The van der Waals surface area contributed by atoms with E-state index in [-0.39, 0.29) is 5.56 Å². The molecule has 0 atom stereocenters. The fourth-order valence-electron chi connectivity index (χ4n) is 1.19. The van der Waals surface area contributed by atoms with E-state index in [4.69, 9.17) is 19.6 Å². The molecule has 1 aromatic rings. The molecule has 6 N–H and O–H groups in total. The average Bonchev–Trinajstić information content (AvgIpc) is 2.15. The lowest BCUT2D eigenvalue weighted by Crippen LogP contribution is -2.31. The topological polar surface area (TPSA) is 149 Å². The summed E-state index contributed by atoms with van der Waals surface area (Å²) in [6.07, 6.45) is 1.94. The van der Waals surface area contributed by atoms with E-state index in [1.807, 2.05) is 0 Å². The van der Waals surface area contributed by atoms with Crippen LogP contribution >= 0.6 is 15.2 Å². The number of hydrogen-bond acceptors (Lipinski definition) is 3. The van der Waals surface area contributed by atoms with Crippen LogP contribution in [0.1, 0.15) is 5.56 Å². The molecule has 0 bridgehead atoms. The van der Waals surface area contributed by atoms with Crippen LogP contribution in [-0.4, -0.2) is 29.8 Å². The first-order valence-electron chi connectivity index (χ1n) is 4.36. The number of aromatic nitrogens is 1. The van der Waals surface area contributed by atoms with E-state index < -0.39 is 26.7 Å². The lowest BCUT2D eigenvalue weighted by molar-refractivity contribution is -0.378. The minimum Gasteiger partial charge on any atom is -0.367 e. The van der Waals surface area contributed by atoms with Crippen molar-refractivity contribution >= 4 is 15.2 Å². The Kier molecular flexibility index (Phi) is 3.91. The van der Waals surface area contributed by atoms with Crippen LogP contribution in [0.25, 0.3) is 0 Å². The minimum absolute atomic E-state index is 0.179. The van der Waals surface area contributed by atoms with Crippen molar-refractivity contribution in [2.75, 3.05) is 0 Å². The molecule has 0 spiro atoms. The summed E-state index contributed by atoms with van der Waals surface area (Å²) >= 11 is 0. The van der Waals surface area contributed by atoms with Gasteiger partial charge in [-0.05, 0) is 5.56 Å². The molecule has 96 valence electrons. The summed E-state index contributed by atoms with van der Waals surface area (Å²) in [7, 11) is -10.8. The number of pyridine rings is 1. The van der Waals surface area contributed by atoms with E-state index in [9.17, 15) is 14.2 Å². The second-order valence-corrected chi connectivity index (χ2v) is 7.46. The molecule has 0 saturated heterocycles. The zero-order valence-corrected chi connectivity index (χ0v) is 10.3. The lowest BCUT2D eigenvalue weighted by atomic mass is 10.2. The van der Waals surface area contributed by atoms with Gasteiger partial charge in [-0.25, -0.2) is 4.98 Å². The Morgan fingerprint density at radius 3 is 1.82 bits per heavy atom. The van der Waals surface area contributed by atoms with Crippen LogP contribution in [0.3, 0.4) is 0 Å². The quantitative estimate of drug-likeness (QED) is 0.447. The number of aliphatic hydroxyl groups is 1. The van der Waals surface area contributed by atoms with E-state index in [1.54, 1.807) is 0 Å². The summed E-state index contributed by atoms with van der Waals surface area (Å²) in [6.45, 7) is 0. The third-order valence-corrected chi connectivity index (χ3v) is 5.91. The molecule has 0 aromatic carbocycles. The van der Waals surface area contributed by atoms with Crippen LogP contribution in [0.5, 0.6) is 0 Å². The van der Waals surface area contributed by atoms with E-state index in [0.29, 0.717) is 0 Å². The Bertz CT molecular complexity index is 456. The SMILES string of the molecule is O=P(O)(O)C(O)(Cc1cc[nH+]cc1)P(=O)(O)O. The van der Waals surface area contributed by atoms with Crippen molar-refractivity contribution in [1.29, 1.82) is 0 Å². The van der Waals surface area contributed by atoms with Crippen LogP contribution in [0, 0.1) is 0 Å². The maximum Gasteiger partial charge on any atom is 0.369 e. The summed E-state index contributed by atoms with van der Waals surface area (Å²) in [5, 5.41) is 6.20. The number of hydrogen-bond donors (Lipinski definition) is 5. The Morgan fingerprint density at radius 2 is 1.47 bits per heavy atom. The van der Waals surface area contributed by atoms with Gasteiger partial charge >= 0.3 is 15.2 Å². The van der Waals surface area contributed by atoms with Crippen LogP contribution in [0.15, 0.2) is 24.5 Å². The molecule has 10 heteroatoms. The van der Waals surface area contributed by atoms with E-state index in [1.165, 1.54) is 24.5 Å². The molecule has 1 heterocycles.